The van der Waals surface area contributed by atoms with Gasteiger partial charge in [0, 0.05) is 25.3 Å². The first-order valence-corrected chi connectivity index (χ1v) is 12.2. The number of rotatable bonds is 14. The van der Waals surface area contributed by atoms with Crippen molar-refractivity contribution in [3.8, 4) is 0 Å². The van der Waals surface area contributed by atoms with Crippen molar-refractivity contribution in [1.82, 2.24) is 20.6 Å². The number of nitrogens with one attached hydrogen (secondary N) is 2. The molecule has 0 aromatic carbocycles. The van der Waals surface area contributed by atoms with Gasteiger partial charge in [-0.3, -0.25) is 19.4 Å². The van der Waals surface area contributed by atoms with E-state index in [9.17, 15) is 19.2 Å². The minimum Gasteiger partial charge on any atom is -0.453 e. The van der Waals surface area contributed by atoms with Crippen molar-refractivity contribution in [2.24, 2.45) is 5.92 Å². The van der Waals surface area contributed by atoms with Gasteiger partial charge in [-0.2, -0.15) is 11.8 Å². The molecular weight excluding hydrogens is 464 g/mol. The molecule has 4 atom stereocenters. The molecule has 1 fully saturated rings. The summed E-state index contributed by atoms with van der Waals surface area (Å²) in [6.07, 6.45) is 5.16. The van der Waals surface area contributed by atoms with Gasteiger partial charge in [0.2, 0.25) is 11.7 Å². The van der Waals surface area contributed by atoms with Gasteiger partial charge >= 0.3 is 5.97 Å². The highest BCUT2D eigenvalue weighted by Crippen LogP contribution is 2.30. The number of Topliss-reactive ketones (excluding diaryl/α,β-unsaturated/α-hetero) is 1. The fraction of sp³-hybridized carbons (Fsp3) is 0.636. The largest absolute Gasteiger partial charge is 0.453 e. The average molecular weight is 497 g/mol. The summed E-state index contributed by atoms with van der Waals surface area (Å²) >= 11 is 1.32. The number of thioether (sulfide) groups is 1. The predicted molar refractivity (Wildman–Crippen MR) is 124 cm³/mol. The quantitative estimate of drug-likeness (QED) is 0.273. The molecule has 1 aromatic heterocycles. The topological polar surface area (TPSA) is 149 Å². The van der Waals surface area contributed by atoms with Crippen molar-refractivity contribution in [3.63, 3.8) is 0 Å². The molecule has 11 nitrogen and oxygen atoms in total. The average Bonchev–Trinajstić information content (AvgIpc) is 3.56. The third-order valence-electron chi connectivity index (χ3n) is 5.02. The van der Waals surface area contributed by atoms with E-state index in [4.69, 9.17) is 14.2 Å². The Morgan fingerprint density at radius 3 is 2.44 bits per heavy atom. The van der Waals surface area contributed by atoms with Gasteiger partial charge in [0.1, 0.15) is 17.8 Å². The molecule has 2 amide bonds. The second-order valence-electron chi connectivity index (χ2n) is 8.53. The van der Waals surface area contributed by atoms with Crippen molar-refractivity contribution < 1.29 is 33.4 Å². The van der Waals surface area contributed by atoms with E-state index in [0.29, 0.717) is 6.42 Å². The first-order valence-electron chi connectivity index (χ1n) is 10.8. The zero-order chi connectivity index (χ0) is 25.3. The van der Waals surface area contributed by atoms with E-state index in [1.54, 1.807) is 13.2 Å². The van der Waals surface area contributed by atoms with Gasteiger partial charge in [0.15, 0.2) is 11.7 Å². The van der Waals surface area contributed by atoms with Crippen LogP contribution in [0.15, 0.2) is 18.6 Å². The number of aromatic nitrogens is 2. The lowest BCUT2D eigenvalue weighted by Crippen LogP contribution is -2.55. The van der Waals surface area contributed by atoms with E-state index in [1.165, 1.54) is 37.5 Å². The molecule has 0 saturated carbocycles. The standard InChI is InChI=1S/C22H32N4O7S/c1-13(2)8-17(18(27)22(3)12-32-22)33-21(30)16(11-34-5)26-20(29)15(10-31-4)25-19(28)14-9-23-6-7-24-14/h6-7,9,13,15-17H,8,10-12H2,1-5H3,(H,25,28)(H,26,29)/t15-,16+,17-,22+/m0/s1. The highest BCUT2D eigenvalue weighted by atomic mass is 32.2. The van der Waals surface area contributed by atoms with Crippen LogP contribution in [0.3, 0.4) is 0 Å². The van der Waals surface area contributed by atoms with Gasteiger partial charge in [-0.25, -0.2) is 9.78 Å². The number of esters is 1. The molecule has 1 aromatic rings. The second-order valence-corrected chi connectivity index (χ2v) is 9.44. The third-order valence-corrected chi connectivity index (χ3v) is 5.69. The van der Waals surface area contributed by atoms with Crippen molar-refractivity contribution >= 4 is 35.3 Å². The highest BCUT2D eigenvalue weighted by molar-refractivity contribution is 7.98. The maximum absolute atomic E-state index is 13.0. The molecule has 12 heteroatoms. The molecule has 2 rings (SSSR count). The van der Waals surface area contributed by atoms with E-state index < -0.39 is 41.6 Å². The summed E-state index contributed by atoms with van der Waals surface area (Å²) in [5.41, 5.74) is -0.908. The molecule has 1 aliphatic heterocycles. The Kier molecular flexibility index (Phi) is 10.4. The van der Waals surface area contributed by atoms with E-state index in [-0.39, 0.29) is 36.4 Å². The number of carbonyl (C=O) groups excluding carboxylic acids is 4. The Morgan fingerprint density at radius 2 is 1.91 bits per heavy atom. The van der Waals surface area contributed by atoms with Crippen LogP contribution in [0.5, 0.6) is 0 Å². The number of hydrogen-bond acceptors (Lipinski definition) is 10. The molecule has 0 bridgehead atoms. The predicted octanol–water partition coefficient (Wildman–Crippen LogP) is 0.385. The van der Waals surface area contributed by atoms with Gasteiger partial charge < -0.3 is 24.8 Å². The zero-order valence-electron chi connectivity index (χ0n) is 20.0. The van der Waals surface area contributed by atoms with Crippen LogP contribution in [0.1, 0.15) is 37.7 Å². The molecule has 0 spiro atoms. The number of ether oxygens (including phenoxy) is 3. The smallest absolute Gasteiger partial charge is 0.330 e. The number of ketones is 1. The summed E-state index contributed by atoms with van der Waals surface area (Å²) in [6.45, 7) is 5.64. The molecule has 34 heavy (non-hydrogen) atoms. The van der Waals surface area contributed by atoms with Crippen LogP contribution < -0.4 is 10.6 Å². The lowest BCUT2D eigenvalue weighted by atomic mass is 9.95. The van der Waals surface area contributed by atoms with Crippen LogP contribution >= 0.6 is 11.8 Å². The molecule has 188 valence electrons. The van der Waals surface area contributed by atoms with Crippen molar-refractivity contribution in [3.05, 3.63) is 24.3 Å². The first-order chi connectivity index (χ1) is 16.1. The van der Waals surface area contributed by atoms with Crippen LogP contribution in [0, 0.1) is 5.92 Å². The summed E-state index contributed by atoms with van der Waals surface area (Å²) in [4.78, 5) is 58.8. The number of nitrogens with zero attached hydrogens (tertiary/aromatic N) is 2. The molecule has 1 aliphatic rings. The van der Waals surface area contributed by atoms with Crippen LogP contribution in [-0.2, 0) is 28.6 Å². The van der Waals surface area contributed by atoms with E-state index in [2.05, 4.69) is 20.6 Å². The summed E-state index contributed by atoms with van der Waals surface area (Å²) in [6, 6.07) is -2.13. The number of amides is 2. The van der Waals surface area contributed by atoms with E-state index >= 15 is 0 Å². The summed E-state index contributed by atoms with van der Waals surface area (Å²) < 4.78 is 15.8. The number of epoxide rings is 1. The molecule has 0 radical (unpaired) electrons. The van der Waals surface area contributed by atoms with Gasteiger partial charge in [-0.15, -0.1) is 0 Å². The van der Waals surface area contributed by atoms with Crippen molar-refractivity contribution in [2.45, 2.75) is 51.0 Å². The van der Waals surface area contributed by atoms with Gasteiger partial charge in [-0.05, 0) is 25.5 Å². The van der Waals surface area contributed by atoms with Gasteiger partial charge in [0.05, 0.1) is 19.4 Å². The Labute approximate surface area is 203 Å². The summed E-state index contributed by atoms with van der Waals surface area (Å²) in [5, 5.41) is 5.13. The van der Waals surface area contributed by atoms with Crippen LogP contribution in [0.25, 0.3) is 0 Å². The molecule has 0 aliphatic carbocycles. The fourth-order valence-electron chi connectivity index (χ4n) is 3.06. The summed E-state index contributed by atoms with van der Waals surface area (Å²) in [7, 11) is 1.38. The molecule has 2 N–H and O–H groups in total. The fourth-order valence-corrected chi connectivity index (χ4v) is 3.61. The van der Waals surface area contributed by atoms with Crippen LogP contribution in [0.4, 0.5) is 0 Å². The Morgan fingerprint density at radius 1 is 1.21 bits per heavy atom. The van der Waals surface area contributed by atoms with Gasteiger partial charge in [-0.1, -0.05) is 13.8 Å². The highest BCUT2D eigenvalue weighted by Gasteiger charge is 2.51. The lowest BCUT2D eigenvalue weighted by molar-refractivity contribution is -0.159. The Hall–Kier alpha value is -2.57. The molecule has 1 saturated heterocycles. The first kappa shape index (κ1) is 27.7. The van der Waals surface area contributed by atoms with Crippen LogP contribution in [0.2, 0.25) is 0 Å². The van der Waals surface area contributed by atoms with Crippen molar-refractivity contribution in [1.29, 1.82) is 0 Å². The maximum atomic E-state index is 13.0. The maximum Gasteiger partial charge on any atom is 0.330 e. The van der Waals surface area contributed by atoms with Gasteiger partial charge in [0.25, 0.3) is 5.91 Å². The molecule has 2 heterocycles. The summed E-state index contributed by atoms with van der Waals surface area (Å²) in [5.74, 6) is -1.98. The van der Waals surface area contributed by atoms with E-state index in [1.807, 2.05) is 13.8 Å². The lowest BCUT2D eigenvalue weighted by Gasteiger charge is -2.25. The molecular formula is C22H32N4O7S. The number of hydrogen-bond donors (Lipinski definition) is 2. The zero-order valence-corrected chi connectivity index (χ0v) is 20.8. The minimum absolute atomic E-state index is 0.0299. The Bertz CT molecular complexity index is 864. The minimum atomic E-state index is -1.09. The SMILES string of the molecule is COC[C@H](NC(=O)c1cnccn1)C(=O)N[C@H](CSC)C(=O)O[C@@H](CC(C)C)C(=O)[C@@]1(C)CO1. The third kappa shape index (κ3) is 8.03. The number of carbonyl (C=O) groups is 4. The normalized spacial score (nSPS) is 19.6. The molecule has 0 unspecified atom stereocenters. The number of methoxy groups -OCH3 is 1. The Balaban J connectivity index is 2.08. The monoisotopic (exact) mass is 496 g/mol. The van der Waals surface area contributed by atoms with Crippen LogP contribution in [-0.4, -0.2) is 89.7 Å². The van der Waals surface area contributed by atoms with Crippen molar-refractivity contribution in [2.75, 3.05) is 32.3 Å². The second kappa shape index (κ2) is 12.8. The van der Waals surface area contributed by atoms with E-state index in [0.717, 1.165) is 0 Å².